The number of nitrogens with two attached hydrogens (primary N) is 1. The van der Waals surface area contributed by atoms with Gasteiger partial charge < -0.3 is 10.3 Å². The first-order valence-corrected chi connectivity index (χ1v) is 5.14. The van der Waals surface area contributed by atoms with Gasteiger partial charge in [-0.15, -0.1) is 0 Å². The molecular formula is C10H19N3O. The van der Waals surface area contributed by atoms with Crippen molar-refractivity contribution in [1.82, 2.24) is 10.1 Å². The average Bonchev–Trinajstić information content (AvgIpc) is 2.65. The Labute approximate surface area is 84.9 Å². The largest absolute Gasteiger partial charge is 0.339 e. The summed E-state index contributed by atoms with van der Waals surface area (Å²) in [5, 5.41) is 3.92. The van der Waals surface area contributed by atoms with Crippen molar-refractivity contribution in [2.75, 3.05) is 0 Å². The molecule has 1 heterocycles. The van der Waals surface area contributed by atoms with Gasteiger partial charge in [-0.05, 0) is 12.8 Å². The van der Waals surface area contributed by atoms with Gasteiger partial charge in [0.2, 0.25) is 5.89 Å². The second kappa shape index (κ2) is 4.09. The average molecular weight is 197 g/mol. The van der Waals surface area contributed by atoms with Crippen LogP contribution in [0.15, 0.2) is 4.52 Å². The fraction of sp³-hybridized carbons (Fsp3) is 0.800. The van der Waals surface area contributed by atoms with Gasteiger partial charge in [0.05, 0.1) is 5.54 Å². The number of nitrogens with zero attached hydrogens (tertiary/aromatic N) is 2. The maximum absolute atomic E-state index is 6.18. The van der Waals surface area contributed by atoms with E-state index in [2.05, 4.69) is 24.0 Å². The monoisotopic (exact) mass is 197 g/mol. The maximum atomic E-state index is 6.18. The minimum absolute atomic E-state index is 0.338. The number of rotatable bonds is 4. The van der Waals surface area contributed by atoms with Gasteiger partial charge in [-0.1, -0.05) is 32.3 Å². The van der Waals surface area contributed by atoms with Gasteiger partial charge >= 0.3 is 0 Å². The third-order valence-corrected chi connectivity index (χ3v) is 2.89. The first kappa shape index (κ1) is 11.2. The lowest BCUT2D eigenvalue weighted by Crippen LogP contribution is -2.40. The topological polar surface area (TPSA) is 64.9 Å². The molecule has 0 bridgehead atoms. The van der Waals surface area contributed by atoms with E-state index in [4.69, 9.17) is 10.3 Å². The number of aromatic nitrogens is 2. The van der Waals surface area contributed by atoms with E-state index < -0.39 is 5.54 Å². The van der Waals surface area contributed by atoms with Crippen molar-refractivity contribution < 1.29 is 4.52 Å². The lowest BCUT2D eigenvalue weighted by atomic mass is 9.85. The molecule has 1 rings (SSSR count). The van der Waals surface area contributed by atoms with Crippen molar-refractivity contribution in [1.29, 1.82) is 0 Å². The zero-order chi connectivity index (χ0) is 10.8. The Hall–Kier alpha value is -0.900. The molecule has 0 saturated carbocycles. The van der Waals surface area contributed by atoms with E-state index in [1.54, 1.807) is 0 Å². The Morgan fingerprint density at radius 3 is 2.57 bits per heavy atom. The summed E-state index contributed by atoms with van der Waals surface area (Å²) < 4.78 is 5.05. The highest BCUT2D eigenvalue weighted by Crippen LogP contribution is 2.26. The van der Waals surface area contributed by atoms with Crippen LogP contribution in [0.4, 0.5) is 0 Å². The van der Waals surface area contributed by atoms with E-state index in [9.17, 15) is 0 Å². The molecule has 0 radical (unpaired) electrons. The van der Waals surface area contributed by atoms with Crippen LogP contribution in [0.5, 0.6) is 0 Å². The van der Waals surface area contributed by atoms with Crippen LogP contribution in [0.3, 0.4) is 0 Å². The lowest BCUT2D eigenvalue weighted by molar-refractivity contribution is 0.283. The fourth-order valence-electron chi connectivity index (χ4n) is 1.26. The quantitative estimate of drug-likeness (QED) is 0.800. The van der Waals surface area contributed by atoms with Gasteiger partial charge in [0, 0.05) is 6.42 Å². The van der Waals surface area contributed by atoms with Crippen LogP contribution in [-0.2, 0) is 12.0 Å². The molecule has 2 N–H and O–H groups in total. The minimum Gasteiger partial charge on any atom is -0.339 e. The molecule has 0 spiro atoms. The van der Waals surface area contributed by atoms with E-state index in [0.717, 1.165) is 12.8 Å². The predicted molar refractivity (Wildman–Crippen MR) is 54.7 cm³/mol. The second-order valence-corrected chi connectivity index (χ2v) is 3.96. The van der Waals surface area contributed by atoms with Crippen LogP contribution in [0.2, 0.25) is 0 Å². The molecule has 0 saturated heterocycles. The summed E-state index contributed by atoms with van der Waals surface area (Å²) >= 11 is 0. The smallest absolute Gasteiger partial charge is 0.226 e. The Morgan fingerprint density at radius 1 is 1.50 bits per heavy atom. The van der Waals surface area contributed by atoms with Crippen molar-refractivity contribution in [3.8, 4) is 0 Å². The highest BCUT2D eigenvalue weighted by molar-refractivity contribution is 5.03. The summed E-state index contributed by atoms with van der Waals surface area (Å²) in [6.45, 7) is 8.14. The van der Waals surface area contributed by atoms with Crippen molar-refractivity contribution in [3.05, 3.63) is 11.7 Å². The molecule has 4 heteroatoms. The molecule has 4 nitrogen and oxygen atoms in total. The summed E-state index contributed by atoms with van der Waals surface area (Å²) in [5.74, 6) is 1.61. The van der Waals surface area contributed by atoms with Gasteiger partial charge in [0.1, 0.15) is 0 Å². The molecule has 0 aliphatic rings. The summed E-state index contributed by atoms with van der Waals surface area (Å²) in [6, 6.07) is 0. The molecule has 1 aromatic rings. The first-order valence-electron chi connectivity index (χ1n) is 5.14. The Kier molecular flexibility index (Phi) is 3.26. The van der Waals surface area contributed by atoms with Crippen molar-refractivity contribution in [2.45, 2.75) is 46.1 Å². The van der Waals surface area contributed by atoms with Crippen LogP contribution in [-0.4, -0.2) is 10.1 Å². The van der Waals surface area contributed by atoms with Crippen LogP contribution < -0.4 is 5.73 Å². The summed E-state index contributed by atoms with van der Waals surface area (Å²) in [6.07, 6.45) is 1.76. The van der Waals surface area contributed by atoms with Gasteiger partial charge in [0.15, 0.2) is 5.82 Å². The van der Waals surface area contributed by atoms with E-state index in [-0.39, 0.29) is 0 Å². The van der Waals surface area contributed by atoms with Crippen LogP contribution in [0.1, 0.15) is 45.8 Å². The van der Waals surface area contributed by atoms with Crippen LogP contribution in [0, 0.1) is 5.92 Å². The van der Waals surface area contributed by atoms with Crippen LogP contribution >= 0.6 is 0 Å². The molecule has 1 aromatic heterocycles. The first-order chi connectivity index (χ1) is 6.52. The van der Waals surface area contributed by atoms with Gasteiger partial charge in [-0.2, -0.15) is 4.98 Å². The number of aryl methyl sites for hydroxylation is 1. The minimum atomic E-state index is -0.494. The molecule has 2 unspecified atom stereocenters. The Bertz CT molecular complexity index is 293. The fourth-order valence-corrected chi connectivity index (χ4v) is 1.26. The molecule has 0 aliphatic heterocycles. The zero-order valence-electron chi connectivity index (χ0n) is 9.37. The zero-order valence-corrected chi connectivity index (χ0v) is 9.37. The normalized spacial score (nSPS) is 17.8. The van der Waals surface area contributed by atoms with E-state index in [0.29, 0.717) is 17.6 Å². The third-order valence-electron chi connectivity index (χ3n) is 2.89. The van der Waals surface area contributed by atoms with Gasteiger partial charge in [0.25, 0.3) is 0 Å². The summed E-state index contributed by atoms with van der Waals surface area (Å²) in [5.41, 5.74) is 5.68. The van der Waals surface area contributed by atoms with Gasteiger partial charge in [-0.25, -0.2) is 0 Å². The van der Waals surface area contributed by atoms with E-state index >= 15 is 0 Å². The molecule has 80 valence electrons. The lowest BCUT2D eigenvalue weighted by Gasteiger charge is -2.27. The Morgan fingerprint density at radius 2 is 2.14 bits per heavy atom. The maximum Gasteiger partial charge on any atom is 0.226 e. The third kappa shape index (κ3) is 1.95. The molecule has 14 heavy (non-hydrogen) atoms. The molecule has 0 amide bonds. The standard InChI is InChI=1S/C10H19N3O/c1-5-7(3)10(4,11)9-12-8(6-2)14-13-9/h7H,5-6,11H2,1-4H3. The number of hydrogen-bond donors (Lipinski definition) is 1. The molecule has 0 aliphatic carbocycles. The van der Waals surface area contributed by atoms with E-state index in [1.807, 2.05) is 13.8 Å². The van der Waals surface area contributed by atoms with Crippen molar-refractivity contribution in [3.63, 3.8) is 0 Å². The molecule has 2 atom stereocenters. The number of hydrogen-bond acceptors (Lipinski definition) is 4. The van der Waals surface area contributed by atoms with Crippen molar-refractivity contribution >= 4 is 0 Å². The Balaban J connectivity index is 2.91. The van der Waals surface area contributed by atoms with Crippen molar-refractivity contribution in [2.24, 2.45) is 11.7 Å². The van der Waals surface area contributed by atoms with Gasteiger partial charge in [-0.3, -0.25) is 0 Å². The SMILES string of the molecule is CCc1nc(C(C)(N)C(C)CC)no1. The summed E-state index contributed by atoms with van der Waals surface area (Å²) in [7, 11) is 0. The molecule has 0 fully saturated rings. The predicted octanol–water partition coefficient (Wildman–Crippen LogP) is 1.85. The molecular weight excluding hydrogens is 178 g/mol. The summed E-state index contributed by atoms with van der Waals surface area (Å²) in [4.78, 5) is 4.27. The highest BCUT2D eigenvalue weighted by atomic mass is 16.5. The molecule has 0 aromatic carbocycles. The highest BCUT2D eigenvalue weighted by Gasteiger charge is 2.32. The van der Waals surface area contributed by atoms with Crippen LogP contribution in [0.25, 0.3) is 0 Å². The second-order valence-electron chi connectivity index (χ2n) is 3.96. The van der Waals surface area contributed by atoms with E-state index in [1.165, 1.54) is 0 Å².